The number of rotatable bonds is 14. The number of nitrogens with zero attached hydrogens (tertiary/aromatic N) is 3. The van der Waals surface area contributed by atoms with Gasteiger partial charge in [-0.25, -0.2) is 0 Å². The summed E-state index contributed by atoms with van der Waals surface area (Å²) in [6, 6.07) is 31.6. The quantitative estimate of drug-likeness (QED) is 0.147. The van der Waals surface area contributed by atoms with Gasteiger partial charge in [0.05, 0.1) is 0 Å². The van der Waals surface area contributed by atoms with Crippen LogP contribution in [-0.2, 0) is 10.8 Å². The zero-order valence-corrected chi connectivity index (χ0v) is 26.5. The molecule has 4 aromatic rings. The Morgan fingerprint density at radius 3 is 1.71 bits per heavy atom. The standard InChI is InChI=1S/C38H51N3/c1-8-21-37(22-24-40(4)5,35-19-17-31-13-9-11-15-33(31)26-35)28-39-29-38(30(2)3,23-25-41(6)7)36-20-18-32-14-10-12-16-34(32)27-36/h9-20,26-28,30H,8,21-25,29H2,1-7H3. The lowest BCUT2D eigenvalue weighted by atomic mass is 9.68. The van der Waals surface area contributed by atoms with Crippen LogP contribution in [0.4, 0.5) is 0 Å². The van der Waals surface area contributed by atoms with Gasteiger partial charge in [-0.3, -0.25) is 4.99 Å². The topological polar surface area (TPSA) is 18.8 Å². The summed E-state index contributed by atoms with van der Waals surface area (Å²) in [5.74, 6) is 0.448. The van der Waals surface area contributed by atoms with E-state index in [0.29, 0.717) is 5.92 Å². The highest BCUT2D eigenvalue weighted by Crippen LogP contribution is 2.39. The summed E-state index contributed by atoms with van der Waals surface area (Å²) in [7, 11) is 8.72. The van der Waals surface area contributed by atoms with Gasteiger partial charge in [-0.2, -0.15) is 0 Å². The lowest BCUT2D eigenvalue weighted by Gasteiger charge is -2.39. The first kappa shape index (κ1) is 30.9. The normalized spacial score (nSPS) is 15.4. The van der Waals surface area contributed by atoms with Gasteiger partial charge in [0, 0.05) is 23.6 Å². The van der Waals surface area contributed by atoms with Gasteiger partial charge in [-0.05, 0) is 99.1 Å². The van der Waals surface area contributed by atoms with Crippen molar-refractivity contribution in [2.75, 3.05) is 47.8 Å². The third kappa shape index (κ3) is 7.26. The van der Waals surface area contributed by atoms with Gasteiger partial charge >= 0.3 is 0 Å². The fourth-order valence-corrected chi connectivity index (χ4v) is 6.41. The van der Waals surface area contributed by atoms with Crippen LogP contribution in [0.15, 0.2) is 89.9 Å². The van der Waals surface area contributed by atoms with Gasteiger partial charge in [-0.15, -0.1) is 0 Å². The summed E-state index contributed by atoms with van der Waals surface area (Å²) >= 11 is 0. The van der Waals surface area contributed by atoms with Crippen LogP contribution in [-0.4, -0.2) is 63.8 Å². The summed E-state index contributed by atoms with van der Waals surface area (Å²) in [4.78, 5) is 10.1. The average molecular weight is 550 g/mol. The van der Waals surface area contributed by atoms with Gasteiger partial charge in [0.1, 0.15) is 0 Å². The van der Waals surface area contributed by atoms with Gasteiger partial charge in [-0.1, -0.05) is 112 Å². The number of hydrogen-bond donors (Lipinski definition) is 0. The van der Waals surface area contributed by atoms with E-state index in [4.69, 9.17) is 4.99 Å². The predicted molar refractivity (Wildman–Crippen MR) is 181 cm³/mol. The molecule has 0 bridgehead atoms. The molecular formula is C38H51N3. The highest BCUT2D eigenvalue weighted by molar-refractivity contribution is 5.86. The molecule has 3 nitrogen and oxygen atoms in total. The lowest BCUT2D eigenvalue weighted by molar-refractivity contribution is 0.253. The summed E-state index contributed by atoms with van der Waals surface area (Å²) in [5.41, 5.74) is 2.65. The van der Waals surface area contributed by atoms with Crippen LogP contribution >= 0.6 is 0 Å². The van der Waals surface area contributed by atoms with Crippen molar-refractivity contribution >= 4 is 27.8 Å². The first-order valence-corrected chi connectivity index (χ1v) is 15.5. The second-order valence-corrected chi connectivity index (χ2v) is 12.9. The number of hydrogen-bond acceptors (Lipinski definition) is 3. The van der Waals surface area contributed by atoms with Crippen LogP contribution in [0.5, 0.6) is 0 Å². The Balaban J connectivity index is 1.79. The molecule has 218 valence electrons. The Bertz CT molecular complexity index is 1440. The summed E-state index contributed by atoms with van der Waals surface area (Å²) in [5, 5.41) is 5.21. The molecule has 2 unspecified atom stereocenters. The molecule has 0 radical (unpaired) electrons. The molecule has 0 saturated carbocycles. The first-order chi connectivity index (χ1) is 19.7. The summed E-state index contributed by atoms with van der Waals surface area (Å²) in [6.07, 6.45) is 6.69. The van der Waals surface area contributed by atoms with E-state index in [1.54, 1.807) is 0 Å². The lowest BCUT2D eigenvalue weighted by Crippen LogP contribution is -2.39. The largest absolute Gasteiger partial charge is 0.309 e. The maximum Gasteiger partial charge on any atom is 0.0485 e. The van der Waals surface area contributed by atoms with E-state index in [2.05, 4.69) is 150 Å². The second-order valence-electron chi connectivity index (χ2n) is 12.9. The van der Waals surface area contributed by atoms with Crippen LogP contribution in [0.1, 0.15) is 57.6 Å². The Labute approximate surface area is 249 Å². The van der Waals surface area contributed by atoms with Gasteiger partial charge in [0.2, 0.25) is 0 Å². The third-order valence-corrected chi connectivity index (χ3v) is 9.17. The minimum atomic E-state index is -0.100. The Morgan fingerprint density at radius 1 is 0.659 bits per heavy atom. The van der Waals surface area contributed by atoms with E-state index >= 15 is 0 Å². The van der Waals surface area contributed by atoms with Gasteiger partial charge in [0.25, 0.3) is 0 Å². The van der Waals surface area contributed by atoms with Crippen LogP contribution < -0.4 is 0 Å². The van der Waals surface area contributed by atoms with Crippen molar-refractivity contribution in [1.29, 1.82) is 0 Å². The molecule has 2 atom stereocenters. The molecule has 0 amide bonds. The average Bonchev–Trinajstić information content (AvgIpc) is 2.97. The van der Waals surface area contributed by atoms with E-state index in [0.717, 1.165) is 45.3 Å². The van der Waals surface area contributed by atoms with Crippen molar-refractivity contribution in [3.63, 3.8) is 0 Å². The molecule has 41 heavy (non-hydrogen) atoms. The molecular weight excluding hydrogens is 498 g/mol. The molecule has 0 aliphatic carbocycles. The first-order valence-electron chi connectivity index (χ1n) is 15.5. The number of benzene rings is 4. The Morgan fingerprint density at radius 2 is 1.17 bits per heavy atom. The van der Waals surface area contributed by atoms with Crippen molar-refractivity contribution in [1.82, 2.24) is 9.80 Å². The highest BCUT2D eigenvalue weighted by Gasteiger charge is 2.36. The fourth-order valence-electron chi connectivity index (χ4n) is 6.41. The predicted octanol–water partition coefficient (Wildman–Crippen LogP) is 8.60. The van der Waals surface area contributed by atoms with Crippen molar-refractivity contribution in [3.8, 4) is 0 Å². The molecule has 0 fully saturated rings. The third-order valence-electron chi connectivity index (χ3n) is 9.17. The van der Waals surface area contributed by atoms with Crippen molar-refractivity contribution < 1.29 is 0 Å². The molecule has 0 heterocycles. The fraction of sp³-hybridized carbons (Fsp3) is 0.447. The van der Waals surface area contributed by atoms with Crippen molar-refractivity contribution in [3.05, 3.63) is 96.1 Å². The monoisotopic (exact) mass is 549 g/mol. The minimum absolute atomic E-state index is 0.0479. The molecule has 0 spiro atoms. The van der Waals surface area contributed by atoms with Crippen molar-refractivity contribution in [2.45, 2.75) is 57.3 Å². The molecule has 4 rings (SSSR count). The smallest absolute Gasteiger partial charge is 0.0485 e. The number of aliphatic imine (C=N–C) groups is 1. The van der Waals surface area contributed by atoms with E-state index < -0.39 is 0 Å². The van der Waals surface area contributed by atoms with E-state index in [1.807, 2.05) is 0 Å². The van der Waals surface area contributed by atoms with Crippen LogP contribution in [0.2, 0.25) is 0 Å². The Kier molecular flexibility index (Phi) is 10.4. The van der Waals surface area contributed by atoms with Gasteiger partial charge in [0.15, 0.2) is 0 Å². The maximum atomic E-state index is 5.46. The molecule has 0 aliphatic rings. The molecule has 0 aromatic heterocycles. The minimum Gasteiger partial charge on any atom is -0.309 e. The maximum absolute atomic E-state index is 5.46. The number of fused-ring (bicyclic) bond motifs is 2. The van der Waals surface area contributed by atoms with Crippen LogP contribution in [0, 0.1) is 5.92 Å². The van der Waals surface area contributed by atoms with Gasteiger partial charge < -0.3 is 9.80 Å². The van der Waals surface area contributed by atoms with Crippen molar-refractivity contribution in [2.24, 2.45) is 10.9 Å². The van der Waals surface area contributed by atoms with Crippen LogP contribution in [0.25, 0.3) is 21.5 Å². The van der Waals surface area contributed by atoms with E-state index in [1.165, 1.54) is 32.7 Å². The summed E-state index contributed by atoms with van der Waals surface area (Å²) in [6.45, 7) is 9.93. The Hall–Kier alpha value is -3.01. The zero-order valence-electron chi connectivity index (χ0n) is 26.5. The molecule has 0 aliphatic heterocycles. The summed E-state index contributed by atoms with van der Waals surface area (Å²) < 4.78 is 0. The van der Waals surface area contributed by atoms with E-state index in [-0.39, 0.29) is 10.8 Å². The SMILES string of the molecule is CCCC(C=NCC(CCN(C)C)(c1ccc2ccccc2c1)C(C)C)(CCN(C)C)c1ccc2ccccc2c1. The molecule has 4 aromatic carbocycles. The van der Waals surface area contributed by atoms with Crippen LogP contribution in [0.3, 0.4) is 0 Å². The second kappa shape index (κ2) is 13.8. The molecule has 0 N–H and O–H groups in total. The zero-order chi connectivity index (χ0) is 29.5. The molecule has 3 heteroatoms. The van der Waals surface area contributed by atoms with E-state index in [9.17, 15) is 0 Å². The molecule has 0 saturated heterocycles. The highest BCUT2D eigenvalue weighted by atomic mass is 15.1.